The van der Waals surface area contributed by atoms with Gasteiger partial charge in [-0.15, -0.1) is 0 Å². The summed E-state index contributed by atoms with van der Waals surface area (Å²) in [4.78, 5) is 1.88. The Kier molecular flexibility index (Phi) is 3.89. The van der Waals surface area contributed by atoms with Gasteiger partial charge in [-0.25, -0.2) is 0 Å². The summed E-state index contributed by atoms with van der Waals surface area (Å²) in [7, 11) is 3.85. The second-order valence-electron chi connectivity index (χ2n) is 3.38. The Labute approximate surface area is 90.9 Å². The fraction of sp³-hybridized carbons (Fsp3) is 0.364. The molecule has 0 aromatic heterocycles. The number of nitrogens with one attached hydrogen (secondary N) is 1. The van der Waals surface area contributed by atoms with Crippen molar-refractivity contribution in [1.82, 2.24) is 4.90 Å². The molecule has 0 heterocycles. The topological polar surface area (TPSA) is 15.3 Å². The molecule has 1 aromatic rings. The van der Waals surface area contributed by atoms with Crippen LogP contribution in [0.15, 0.2) is 24.3 Å². The molecule has 0 aliphatic rings. The van der Waals surface area contributed by atoms with E-state index in [4.69, 9.17) is 12.2 Å². The molecule has 0 unspecified atom stereocenters. The monoisotopic (exact) mass is 208 g/mol. The first-order valence-corrected chi connectivity index (χ1v) is 5.11. The summed E-state index contributed by atoms with van der Waals surface area (Å²) in [5.74, 6) is 0. The zero-order chi connectivity index (χ0) is 10.6. The molecule has 14 heavy (non-hydrogen) atoms. The molecule has 1 aromatic carbocycles. The highest BCUT2D eigenvalue weighted by Crippen LogP contribution is 2.10. The molecule has 0 radical (unpaired) electrons. The predicted molar refractivity (Wildman–Crippen MR) is 65.7 cm³/mol. The van der Waals surface area contributed by atoms with Crippen LogP contribution in [0.3, 0.4) is 0 Å². The maximum absolute atomic E-state index is 5.14. The Morgan fingerprint density at radius 2 is 1.86 bits per heavy atom. The van der Waals surface area contributed by atoms with Crippen molar-refractivity contribution in [2.75, 3.05) is 19.4 Å². The lowest BCUT2D eigenvalue weighted by Crippen LogP contribution is -2.26. The molecule has 0 fully saturated rings. The van der Waals surface area contributed by atoms with Gasteiger partial charge in [0.25, 0.3) is 0 Å². The summed E-state index contributed by atoms with van der Waals surface area (Å²) in [6, 6.07) is 8.32. The Morgan fingerprint density at radius 1 is 1.29 bits per heavy atom. The third-order valence-corrected chi connectivity index (χ3v) is 2.49. The Hall–Kier alpha value is -1.09. The minimum absolute atomic E-state index is 0.731. The molecular formula is C11H16N2S. The fourth-order valence-corrected chi connectivity index (χ4v) is 1.18. The van der Waals surface area contributed by atoms with Crippen LogP contribution in [0.4, 0.5) is 5.69 Å². The van der Waals surface area contributed by atoms with Gasteiger partial charge < -0.3 is 10.2 Å². The maximum atomic E-state index is 5.14. The lowest BCUT2D eigenvalue weighted by atomic mass is 10.1. The molecule has 3 heteroatoms. The van der Waals surface area contributed by atoms with Gasteiger partial charge in [0.05, 0.1) is 0 Å². The second kappa shape index (κ2) is 4.96. The molecule has 0 saturated heterocycles. The highest BCUT2D eigenvalue weighted by Gasteiger charge is 1.98. The fourth-order valence-electron chi connectivity index (χ4n) is 1.06. The second-order valence-corrected chi connectivity index (χ2v) is 3.76. The van der Waals surface area contributed by atoms with E-state index in [1.165, 1.54) is 5.56 Å². The molecule has 0 atom stereocenters. The average molecular weight is 208 g/mol. The van der Waals surface area contributed by atoms with Crippen LogP contribution in [0.5, 0.6) is 0 Å². The molecule has 0 bridgehead atoms. The zero-order valence-corrected chi connectivity index (χ0v) is 9.69. The summed E-state index contributed by atoms with van der Waals surface area (Å²) in [5, 5.41) is 3.88. The van der Waals surface area contributed by atoms with Crippen molar-refractivity contribution in [3.8, 4) is 0 Å². The molecule has 0 spiro atoms. The molecule has 0 saturated carbocycles. The van der Waals surface area contributed by atoms with Gasteiger partial charge in [-0.05, 0) is 36.3 Å². The minimum atomic E-state index is 0.731. The van der Waals surface area contributed by atoms with Crippen LogP contribution in [0.25, 0.3) is 0 Å². The van der Waals surface area contributed by atoms with E-state index >= 15 is 0 Å². The first kappa shape index (κ1) is 11.0. The van der Waals surface area contributed by atoms with Crippen LogP contribution < -0.4 is 5.32 Å². The molecule has 1 N–H and O–H groups in total. The van der Waals surface area contributed by atoms with Crippen LogP contribution in [0.2, 0.25) is 0 Å². The summed E-state index contributed by atoms with van der Waals surface area (Å²) in [5.41, 5.74) is 2.38. The number of hydrogen-bond acceptors (Lipinski definition) is 1. The van der Waals surface area contributed by atoms with Crippen LogP contribution >= 0.6 is 12.2 Å². The van der Waals surface area contributed by atoms with Gasteiger partial charge in [0, 0.05) is 19.8 Å². The van der Waals surface area contributed by atoms with E-state index in [9.17, 15) is 0 Å². The highest BCUT2D eigenvalue weighted by atomic mass is 32.1. The lowest BCUT2D eigenvalue weighted by Gasteiger charge is -2.15. The molecule has 0 aliphatic carbocycles. The van der Waals surface area contributed by atoms with E-state index in [1.807, 2.05) is 19.0 Å². The standard InChI is InChI=1S/C11H16N2S/c1-4-9-5-7-10(8-6-9)12-11(14)13(2)3/h5-8H,4H2,1-3H3,(H,12,14). The van der Waals surface area contributed by atoms with Crippen LogP contribution in [0.1, 0.15) is 12.5 Å². The third-order valence-electron chi connectivity index (χ3n) is 2.02. The number of hydrogen-bond donors (Lipinski definition) is 1. The molecule has 0 aliphatic heterocycles. The Bertz CT molecular complexity index is 304. The van der Waals surface area contributed by atoms with E-state index in [0.717, 1.165) is 17.2 Å². The van der Waals surface area contributed by atoms with Crippen molar-refractivity contribution >= 4 is 23.0 Å². The molecule has 1 rings (SSSR count). The van der Waals surface area contributed by atoms with Gasteiger partial charge in [-0.3, -0.25) is 0 Å². The van der Waals surface area contributed by atoms with Gasteiger partial charge >= 0.3 is 0 Å². The zero-order valence-electron chi connectivity index (χ0n) is 8.87. The minimum Gasteiger partial charge on any atom is -0.355 e. The van der Waals surface area contributed by atoms with E-state index in [-0.39, 0.29) is 0 Å². The normalized spacial score (nSPS) is 9.64. The smallest absolute Gasteiger partial charge is 0.172 e. The van der Waals surface area contributed by atoms with E-state index < -0.39 is 0 Å². The van der Waals surface area contributed by atoms with E-state index in [0.29, 0.717) is 0 Å². The lowest BCUT2D eigenvalue weighted by molar-refractivity contribution is 0.634. The predicted octanol–water partition coefficient (Wildman–Crippen LogP) is 2.51. The average Bonchev–Trinajstić information content (AvgIpc) is 2.19. The quantitative estimate of drug-likeness (QED) is 0.752. The van der Waals surface area contributed by atoms with E-state index in [2.05, 4.69) is 36.5 Å². The number of benzene rings is 1. The molecule has 0 amide bonds. The number of thiocarbonyl (C=S) groups is 1. The number of rotatable bonds is 2. The Balaban J connectivity index is 2.64. The van der Waals surface area contributed by atoms with Crippen LogP contribution in [0, 0.1) is 0 Å². The molecule has 2 nitrogen and oxygen atoms in total. The highest BCUT2D eigenvalue weighted by molar-refractivity contribution is 7.80. The van der Waals surface area contributed by atoms with Gasteiger partial charge in [-0.1, -0.05) is 19.1 Å². The SMILES string of the molecule is CCc1ccc(NC(=S)N(C)C)cc1. The number of nitrogens with zero attached hydrogens (tertiary/aromatic N) is 1. The van der Waals surface area contributed by atoms with Crippen molar-refractivity contribution in [2.45, 2.75) is 13.3 Å². The molecular weight excluding hydrogens is 192 g/mol. The van der Waals surface area contributed by atoms with Gasteiger partial charge in [0.15, 0.2) is 5.11 Å². The van der Waals surface area contributed by atoms with Crippen molar-refractivity contribution in [3.63, 3.8) is 0 Å². The van der Waals surface area contributed by atoms with Crippen molar-refractivity contribution in [1.29, 1.82) is 0 Å². The van der Waals surface area contributed by atoms with Crippen molar-refractivity contribution < 1.29 is 0 Å². The van der Waals surface area contributed by atoms with Crippen LogP contribution in [-0.2, 0) is 6.42 Å². The largest absolute Gasteiger partial charge is 0.355 e. The first-order valence-electron chi connectivity index (χ1n) is 4.70. The van der Waals surface area contributed by atoms with Crippen molar-refractivity contribution in [2.24, 2.45) is 0 Å². The maximum Gasteiger partial charge on any atom is 0.172 e. The van der Waals surface area contributed by atoms with Gasteiger partial charge in [-0.2, -0.15) is 0 Å². The summed E-state index contributed by atoms with van der Waals surface area (Å²) >= 11 is 5.14. The van der Waals surface area contributed by atoms with E-state index in [1.54, 1.807) is 0 Å². The summed E-state index contributed by atoms with van der Waals surface area (Å²) in [6.45, 7) is 2.15. The van der Waals surface area contributed by atoms with Gasteiger partial charge in [0.1, 0.15) is 0 Å². The summed E-state index contributed by atoms with van der Waals surface area (Å²) in [6.07, 6.45) is 1.07. The van der Waals surface area contributed by atoms with Crippen molar-refractivity contribution in [3.05, 3.63) is 29.8 Å². The Morgan fingerprint density at radius 3 is 2.29 bits per heavy atom. The number of anilines is 1. The third kappa shape index (κ3) is 3.00. The van der Waals surface area contributed by atoms with Crippen LogP contribution in [-0.4, -0.2) is 24.1 Å². The summed E-state index contributed by atoms with van der Waals surface area (Å²) < 4.78 is 0. The van der Waals surface area contributed by atoms with Gasteiger partial charge in [0.2, 0.25) is 0 Å². The molecule has 76 valence electrons. The first-order chi connectivity index (χ1) is 6.63. The number of aryl methyl sites for hydroxylation is 1.